The number of methoxy groups -OCH3 is 1. The maximum Gasteiger partial charge on any atom is 0.253 e. The Morgan fingerprint density at radius 2 is 2.28 bits per heavy atom. The number of furan rings is 1. The van der Waals surface area contributed by atoms with Gasteiger partial charge in [-0.05, 0) is 32.0 Å². The zero-order valence-electron chi connectivity index (χ0n) is 14.5. The van der Waals surface area contributed by atoms with E-state index in [0.29, 0.717) is 25.3 Å². The molecule has 0 aromatic carbocycles. The molecular weight excluding hydrogens is 338 g/mol. The normalized spacial score (nSPS) is 11.0. The lowest BCUT2D eigenvalue weighted by molar-refractivity contribution is 0.0936. The van der Waals surface area contributed by atoms with Crippen LogP contribution in [0.25, 0.3) is 11.4 Å². The third-order valence-corrected chi connectivity index (χ3v) is 4.75. The highest BCUT2D eigenvalue weighted by Crippen LogP contribution is 2.28. The molecule has 7 heteroatoms. The first kappa shape index (κ1) is 17.4. The summed E-state index contributed by atoms with van der Waals surface area (Å²) in [6.45, 7) is 5.42. The number of hydrogen-bond acceptors (Lipinski definition) is 5. The van der Waals surface area contributed by atoms with Gasteiger partial charge in [-0.1, -0.05) is 0 Å². The minimum Gasteiger partial charge on any atom is -0.467 e. The van der Waals surface area contributed by atoms with Gasteiger partial charge in [-0.25, -0.2) is 4.98 Å². The summed E-state index contributed by atoms with van der Waals surface area (Å²) in [4.78, 5) is 17.1. The number of aromatic nitrogens is 2. The Kier molecular flexibility index (Phi) is 5.35. The molecule has 132 valence electrons. The molecule has 6 nitrogen and oxygen atoms in total. The van der Waals surface area contributed by atoms with Crippen molar-refractivity contribution in [2.24, 2.45) is 0 Å². The van der Waals surface area contributed by atoms with Crippen molar-refractivity contribution in [3.8, 4) is 11.4 Å². The van der Waals surface area contributed by atoms with Crippen LogP contribution in [-0.2, 0) is 11.3 Å². The lowest BCUT2D eigenvalue weighted by atomic mass is 10.2. The number of ether oxygens (including phenoxy) is 1. The fourth-order valence-electron chi connectivity index (χ4n) is 2.69. The van der Waals surface area contributed by atoms with E-state index in [2.05, 4.69) is 14.9 Å². The topological polar surface area (TPSA) is 69.3 Å². The number of carbonyl (C=O) groups excluding carboxylic acids is 1. The Balaban J connectivity index is 1.97. The first-order valence-corrected chi connectivity index (χ1v) is 8.90. The van der Waals surface area contributed by atoms with Gasteiger partial charge in [0.15, 0.2) is 0 Å². The Bertz CT molecular complexity index is 849. The van der Waals surface area contributed by atoms with E-state index in [1.165, 1.54) is 0 Å². The molecule has 0 spiro atoms. The van der Waals surface area contributed by atoms with Gasteiger partial charge in [-0.2, -0.15) is 0 Å². The number of thiazole rings is 1. The van der Waals surface area contributed by atoms with Crippen molar-refractivity contribution < 1.29 is 13.9 Å². The molecule has 0 fully saturated rings. The summed E-state index contributed by atoms with van der Waals surface area (Å²) in [6, 6.07) is 5.68. The van der Waals surface area contributed by atoms with Crippen molar-refractivity contribution in [3.63, 3.8) is 0 Å². The van der Waals surface area contributed by atoms with E-state index in [-0.39, 0.29) is 5.91 Å². The molecule has 0 aliphatic heterocycles. The van der Waals surface area contributed by atoms with Crippen molar-refractivity contribution in [2.75, 3.05) is 20.3 Å². The van der Waals surface area contributed by atoms with Gasteiger partial charge in [-0.15, -0.1) is 11.3 Å². The van der Waals surface area contributed by atoms with E-state index in [0.717, 1.165) is 27.8 Å². The van der Waals surface area contributed by atoms with Gasteiger partial charge in [0.2, 0.25) is 0 Å². The van der Waals surface area contributed by atoms with Gasteiger partial charge in [0, 0.05) is 24.7 Å². The molecule has 1 amide bonds. The molecule has 0 aliphatic rings. The highest BCUT2D eigenvalue weighted by atomic mass is 32.1. The van der Waals surface area contributed by atoms with Crippen LogP contribution in [0.4, 0.5) is 0 Å². The number of nitrogens with one attached hydrogen (secondary N) is 1. The number of nitrogens with zero attached hydrogens (tertiary/aromatic N) is 2. The first-order chi connectivity index (χ1) is 12.1. The molecule has 0 unspecified atom stereocenters. The standard InChI is InChI=1S/C18H21N3O3S/c1-12-15(18(22)19-6-8-23-3)9-17(16-11-25-13(2)20-16)21(12)10-14-5-4-7-24-14/h4-5,7,9,11H,6,8,10H2,1-3H3,(H,19,22). The predicted octanol–water partition coefficient (Wildman–Crippen LogP) is 3.25. The molecule has 3 rings (SSSR count). The van der Waals surface area contributed by atoms with Crippen molar-refractivity contribution in [3.05, 3.63) is 51.9 Å². The van der Waals surface area contributed by atoms with Crippen molar-refractivity contribution in [1.82, 2.24) is 14.9 Å². The molecule has 3 heterocycles. The van der Waals surface area contributed by atoms with E-state index in [1.807, 2.05) is 37.4 Å². The highest BCUT2D eigenvalue weighted by Gasteiger charge is 2.20. The second-order valence-electron chi connectivity index (χ2n) is 5.69. The summed E-state index contributed by atoms with van der Waals surface area (Å²) in [7, 11) is 1.61. The van der Waals surface area contributed by atoms with E-state index in [9.17, 15) is 4.79 Å². The zero-order chi connectivity index (χ0) is 17.8. The zero-order valence-corrected chi connectivity index (χ0v) is 15.4. The molecule has 3 aromatic rings. The molecule has 0 saturated heterocycles. The van der Waals surface area contributed by atoms with Crippen LogP contribution in [0.15, 0.2) is 34.3 Å². The fourth-order valence-corrected chi connectivity index (χ4v) is 3.30. The van der Waals surface area contributed by atoms with Crippen LogP contribution in [0, 0.1) is 13.8 Å². The molecule has 0 atom stereocenters. The average Bonchev–Trinajstić information content (AvgIpc) is 3.31. The molecular formula is C18H21N3O3S. The highest BCUT2D eigenvalue weighted by molar-refractivity contribution is 7.09. The SMILES string of the molecule is COCCNC(=O)c1cc(-c2csc(C)n2)n(Cc2ccco2)c1C. The van der Waals surface area contributed by atoms with E-state index in [4.69, 9.17) is 9.15 Å². The van der Waals surface area contributed by atoms with Gasteiger partial charge >= 0.3 is 0 Å². The van der Waals surface area contributed by atoms with Gasteiger partial charge in [-0.3, -0.25) is 4.79 Å². The Morgan fingerprint density at radius 1 is 1.44 bits per heavy atom. The van der Waals surface area contributed by atoms with E-state index < -0.39 is 0 Å². The predicted molar refractivity (Wildman–Crippen MR) is 97.0 cm³/mol. The minimum atomic E-state index is -0.110. The maximum atomic E-state index is 12.5. The largest absolute Gasteiger partial charge is 0.467 e. The number of carbonyl (C=O) groups is 1. The molecule has 3 aromatic heterocycles. The van der Waals surface area contributed by atoms with Crippen molar-refractivity contribution in [2.45, 2.75) is 20.4 Å². The van der Waals surface area contributed by atoms with Crippen LogP contribution in [0.1, 0.15) is 26.8 Å². The van der Waals surface area contributed by atoms with Crippen molar-refractivity contribution in [1.29, 1.82) is 0 Å². The minimum absolute atomic E-state index is 0.110. The molecule has 0 saturated carbocycles. The molecule has 1 N–H and O–H groups in total. The average molecular weight is 359 g/mol. The third kappa shape index (κ3) is 3.83. The summed E-state index contributed by atoms with van der Waals surface area (Å²) in [6.07, 6.45) is 1.65. The summed E-state index contributed by atoms with van der Waals surface area (Å²) >= 11 is 1.59. The monoisotopic (exact) mass is 359 g/mol. The van der Waals surface area contributed by atoms with Gasteiger partial charge < -0.3 is 19.0 Å². The number of hydrogen-bond donors (Lipinski definition) is 1. The summed E-state index contributed by atoms with van der Waals surface area (Å²) in [5, 5.41) is 5.88. The third-order valence-electron chi connectivity index (χ3n) is 3.98. The Labute approximate surface area is 150 Å². The summed E-state index contributed by atoms with van der Waals surface area (Å²) < 4.78 is 12.5. The second kappa shape index (κ2) is 7.67. The first-order valence-electron chi connectivity index (χ1n) is 8.02. The van der Waals surface area contributed by atoms with Crippen molar-refractivity contribution >= 4 is 17.2 Å². The van der Waals surface area contributed by atoms with Crippen LogP contribution in [0.2, 0.25) is 0 Å². The fraction of sp³-hybridized carbons (Fsp3) is 0.333. The molecule has 25 heavy (non-hydrogen) atoms. The summed E-state index contributed by atoms with van der Waals surface area (Å²) in [5.74, 6) is 0.721. The van der Waals surface area contributed by atoms with Crippen LogP contribution in [-0.4, -0.2) is 35.7 Å². The van der Waals surface area contributed by atoms with E-state index in [1.54, 1.807) is 24.7 Å². The van der Waals surface area contributed by atoms with Gasteiger partial charge in [0.1, 0.15) is 5.76 Å². The quantitative estimate of drug-likeness (QED) is 0.658. The Morgan fingerprint density at radius 3 is 2.92 bits per heavy atom. The van der Waals surface area contributed by atoms with Crippen LogP contribution >= 0.6 is 11.3 Å². The lowest BCUT2D eigenvalue weighted by Gasteiger charge is -2.09. The lowest BCUT2D eigenvalue weighted by Crippen LogP contribution is -2.27. The Hall–Kier alpha value is -2.38. The van der Waals surface area contributed by atoms with Crippen LogP contribution in [0.3, 0.4) is 0 Å². The molecule has 0 bridgehead atoms. The maximum absolute atomic E-state index is 12.5. The summed E-state index contributed by atoms with van der Waals surface area (Å²) in [5.41, 5.74) is 3.30. The van der Waals surface area contributed by atoms with Gasteiger partial charge in [0.05, 0.1) is 41.4 Å². The molecule has 0 aliphatic carbocycles. The molecule has 0 radical (unpaired) electrons. The number of aryl methyl sites for hydroxylation is 1. The number of amides is 1. The van der Waals surface area contributed by atoms with Crippen LogP contribution in [0.5, 0.6) is 0 Å². The van der Waals surface area contributed by atoms with Gasteiger partial charge in [0.25, 0.3) is 5.91 Å². The van der Waals surface area contributed by atoms with Crippen LogP contribution < -0.4 is 5.32 Å². The number of rotatable bonds is 7. The van der Waals surface area contributed by atoms with E-state index >= 15 is 0 Å². The second-order valence-corrected chi connectivity index (χ2v) is 6.76. The smallest absolute Gasteiger partial charge is 0.253 e.